The Labute approximate surface area is 247 Å². The van der Waals surface area contributed by atoms with Crippen molar-refractivity contribution in [1.82, 2.24) is 9.80 Å². The number of esters is 1. The molecule has 42 heavy (non-hydrogen) atoms. The Morgan fingerprint density at radius 1 is 1.10 bits per heavy atom. The van der Waals surface area contributed by atoms with Gasteiger partial charge in [0.25, 0.3) is 0 Å². The molecule has 0 saturated carbocycles. The van der Waals surface area contributed by atoms with Crippen LogP contribution in [-0.4, -0.2) is 75.7 Å². The summed E-state index contributed by atoms with van der Waals surface area (Å²) in [5.41, 5.74) is -0.291. The minimum atomic E-state index is -1.22. The lowest BCUT2D eigenvalue weighted by Gasteiger charge is -2.39. The predicted octanol–water partition coefficient (Wildman–Crippen LogP) is 3.69. The third kappa shape index (κ3) is 5.18. The molecule has 3 aliphatic heterocycles. The van der Waals surface area contributed by atoms with Crippen molar-refractivity contribution in [3.05, 3.63) is 97.1 Å². The summed E-state index contributed by atoms with van der Waals surface area (Å²) in [6.07, 6.45) is 5.13. The van der Waals surface area contributed by atoms with E-state index >= 15 is 0 Å². The summed E-state index contributed by atoms with van der Waals surface area (Å²) in [4.78, 5) is 45.9. The van der Waals surface area contributed by atoms with Crippen LogP contribution in [0.2, 0.25) is 0 Å². The van der Waals surface area contributed by atoms with Crippen molar-refractivity contribution >= 4 is 17.8 Å². The molecule has 222 valence electrons. The summed E-state index contributed by atoms with van der Waals surface area (Å²) in [7, 11) is 0. The number of hydrogen-bond acceptors (Lipinski definition) is 6. The lowest BCUT2D eigenvalue weighted by Crippen LogP contribution is -2.59. The van der Waals surface area contributed by atoms with Gasteiger partial charge in [-0.15, -0.1) is 13.2 Å². The Morgan fingerprint density at radius 3 is 2.38 bits per heavy atom. The Kier molecular flexibility index (Phi) is 8.66. The van der Waals surface area contributed by atoms with E-state index in [4.69, 9.17) is 9.47 Å². The van der Waals surface area contributed by atoms with Crippen LogP contribution in [0.1, 0.15) is 37.3 Å². The SMILES string of the molecule is C=CCCOC(=O)[C@H]1[C@H]2C(=O)N([C@@H](CO)Cc3ccccc3)C(C(=O)N(CC=C)Cc3ccccc3)C23CC[C@]1(C)O3. The first-order valence-electron chi connectivity index (χ1n) is 14.7. The van der Waals surface area contributed by atoms with Crippen molar-refractivity contribution in [1.29, 1.82) is 0 Å². The molecule has 8 heteroatoms. The van der Waals surface area contributed by atoms with Crippen molar-refractivity contribution in [2.75, 3.05) is 19.8 Å². The van der Waals surface area contributed by atoms with Crippen LogP contribution < -0.4 is 0 Å². The van der Waals surface area contributed by atoms with Gasteiger partial charge in [-0.1, -0.05) is 72.8 Å². The smallest absolute Gasteiger partial charge is 0.312 e. The zero-order valence-corrected chi connectivity index (χ0v) is 24.2. The van der Waals surface area contributed by atoms with Crippen molar-refractivity contribution in [2.45, 2.75) is 62.4 Å². The summed E-state index contributed by atoms with van der Waals surface area (Å²) in [5.74, 6) is -2.89. The highest BCUT2D eigenvalue weighted by Crippen LogP contribution is 2.63. The van der Waals surface area contributed by atoms with Gasteiger partial charge in [-0.05, 0) is 43.7 Å². The molecular weight excluding hydrogens is 532 g/mol. The molecule has 2 amide bonds. The lowest BCUT2D eigenvalue weighted by atomic mass is 9.66. The number of carbonyl (C=O) groups excluding carboxylic acids is 3. The highest BCUT2D eigenvalue weighted by atomic mass is 16.6. The maximum Gasteiger partial charge on any atom is 0.312 e. The van der Waals surface area contributed by atoms with Crippen LogP contribution in [0.3, 0.4) is 0 Å². The van der Waals surface area contributed by atoms with Gasteiger partial charge in [-0.25, -0.2) is 0 Å². The molecule has 3 saturated heterocycles. The Bertz CT molecular complexity index is 1320. The van der Waals surface area contributed by atoms with Crippen molar-refractivity contribution in [3.8, 4) is 0 Å². The van der Waals surface area contributed by atoms with E-state index in [9.17, 15) is 19.5 Å². The van der Waals surface area contributed by atoms with Crippen molar-refractivity contribution in [3.63, 3.8) is 0 Å². The van der Waals surface area contributed by atoms with Crippen LogP contribution in [0.5, 0.6) is 0 Å². The highest BCUT2D eigenvalue weighted by Gasteiger charge is 2.79. The molecule has 6 atom stereocenters. The van der Waals surface area contributed by atoms with Gasteiger partial charge >= 0.3 is 5.97 Å². The molecule has 3 aliphatic rings. The first-order valence-corrected chi connectivity index (χ1v) is 14.7. The van der Waals surface area contributed by atoms with Gasteiger partial charge in [-0.3, -0.25) is 14.4 Å². The van der Waals surface area contributed by atoms with E-state index in [2.05, 4.69) is 13.2 Å². The predicted molar refractivity (Wildman–Crippen MR) is 158 cm³/mol. The van der Waals surface area contributed by atoms with Gasteiger partial charge in [0, 0.05) is 13.1 Å². The summed E-state index contributed by atoms with van der Waals surface area (Å²) in [6.45, 7) is 9.79. The molecule has 1 spiro atoms. The van der Waals surface area contributed by atoms with Gasteiger partial charge in [0.1, 0.15) is 17.6 Å². The average Bonchev–Trinajstić information content (AvgIpc) is 3.57. The van der Waals surface area contributed by atoms with E-state index in [1.165, 1.54) is 4.90 Å². The summed E-state index contributed by atoms with van der Waals surface area (Å²) < 4.78 is 12.3. The topological polar surface area (TPSA) is 96.4 Å². The Hall–Kier alpha value is -3.75. The van der Waals surface area contributed by atoms with Gasteiger partial charge in [0.05, 0.1) is 30.8 Å². The summed E-state index contributed by atoms with van der Waals surface area (Å²) in [5, 5.41) is 10.7. The van der Waals surface area contributed by atoms with Crippen LogP contribution in [-0.2, 0) is 36.8 Å². The molecule has 5 rings (SSSR count). The fourth-order valence-electron chi connectivity index (χ4n) is 7.23. The number of aliphatic hydroxyl groups is 1. The highest BCUT2D eigenvalue weighted by molar-refractivity contribution is 5.98. The Balaban J connectivity index is 1.57. The molecule has 2 aromatic carbocycles. The van der Waals surface area contributed by atoms with Crippen molar-refractivity contribution in [2.24, 2.45) is 11.8 Å². The quantitative estimate of drug-likeness (QED) is 0.224. The summed E-state index contributed by atoms with van der Waals surface area (Å²) in [6, 6.07) is 17.5. The van der Waals surface area contributed by atoms with Crippen LogP contribution in [0.4, 0.5) is 0 Å². The molecule has 0 aromatic heterocycles. The van der Waals surface area contributed by atoms with Gasteiger partial charge in [0.2, 0.25) is 11.8 Å². The van der Waals surface area contributed by atoms with Crippen LogP contribution >= 0.6 is 0 Å². The third-order valence-corrected chi connectivity index (χ3v) is 9.06. The fourth-order valence-corrected chi connectivity index (χ4v) is 7.23. The zero-order valence-electron chi connectivity index (χ0n) is 24.2. The minimum absolute atomic E-state index is 0.159. The van der Waals surface area contributed by atoms with E-state index in [0.29, 0.717) is 32.2 Å². The molecule has 3 heterocycles. The van der Waals surface area contributed by atoms with Gasteiger partial charge in [0.15, 0.2) is 0 Å². The number of carbonyl (C=O) groups is 3. The number of amides is 2. The van der Waals surface area contributed by atoms with Crippen molar-refractivity contribution < 1.29 is 29.0 Å². The number of nitrogens with zero attached hydrogens (tertiary/aromatic N) is 2. The molecule has 0 aliphatic carbocycles. The molecule has 1 N–H and O–H groups in total. The first kappa shape index (κ1) is 29.7. The van der Waals surface area contributed by atoms with Crippen LogP contribution in [0, 0.1) is 11.8 Å². The third-order valence-electron chi connectivity index (χ3n) is 9.06. The van der Waals surface area contributed by atoms with Crippen LogP contribution in [0.15, 0.2) is 86.0 Å². The number of aliphatic hydroxyl groups excluding tert-OH is 1. The number of rotatable bonds is 13. The van der Waals surface area contributed by atoms with E-state index < -0.39 is 41.1 Å². The normalized spacial score (nSPS) is 28.3. The monoisotopic (exact) mass is 572 g/mol. The van der Waals surface area contributed by atoms with E-state index in [1.807, 2.05) is 67.6 Å². The van der Waals surface area contributed by atoms with Crippen LogP contribution in [0.25, 0.3) is 0 Å². The maximum atomic E-state index is 14.7. The molecule has 2 aromatic rings. The maximum absolute atomic E-state index is 14.7. The second-order valence-electron chi connectivity index (χ2n) is 11.7. The molecule has 2 unspecified atom stereocenters. The number of likely N-dealkylation sites (tertiary alicyclic amines) is 1. The standard InChI is InChI=1S/C34H40N2O6/c1-4-6-20-41-32(40)28-27-30(38)36(26(23-37)21-24-13-9-7-10-14-24)29(34(27)18-17-33(28,3)42-34)31(39)35(19-5-2)22-25-15-11-8-12-16-25/h4-5,7-16,26-29,37H,1-2,6,17-23H2,3H3/t26-,27+,28-,29?,33+,34?/m1/s1. The zero-order chi connectivity index (χ0) is 29.9. The molecule has 0 radical (unpaired) electrons. The number of hydrogen-bond donors (Lipinski definition) is 1. The molecular formula is C34H40N2O6. The molecule has 2 bridgehead atoms. The number of benzene rings is 2. The Morgan fingerprint density at radius 2 is 1.76 bits per heavy atom. The molecule has 3 fully saturated rings. The molecule has 8 nitrogen and oxygen atoms in total. The lowest BCUT2D eigenvalue weighted by molar-refractivity contribution is -0.162. The first-order chi connectivity index (χ1) is 20.3. The number of ether oxygens (including phenoxy) is 2. The number of fused-ring (bicyclic) bond motifs is 1. The second kappa shape index (κ2) is 12.2. The average molecular weight is 573 g/mol. The largest absolute Gasteiger partial charge is 0.465 e. The van der Waals surface area contributed by atoms with E-state index in [0.717, 1.165) is 11.1 Å². The summed E-state index contributed by atoms with van der Waals surface area (Å²) >= 11 is 0. The van der Waals surface area contributed by atoms with Gasteiger partial charge in [-0.2, -0.15) is 0 Å². The van der Waals surface area contributed by atoms with E-state index in [1.54, 1.807) is 17.1 Å². The fraction of sp³-hybridized carbons (Fsp3) is 0.441. The minimum Gasteiger partial charge on any atom is -0.465 e. The second-order valence-corrected chi connectivity index (χ2v) is 11.7. The van der Waals surface area contributed by atoms with Gasteiger partial charge < -0.3 is 24.4 Å². The van der Waals surface area contributed by atoms with E-state index in [-0.39, 0.29) is 31.6 Å².